The fourth-order valence-electron chi connectivity index (χ4n) is 2.78. The lowest BCUT2D eigenvalue weighted by molar-refractivity contribution is -0.141. The van der Waals surface area contributed by atoms with E-state index < -0.39 is 16.9 Å². The first-order valence-corrected chi connectivity index (χ1v) is 6.09. The van der Waals surface area contributed by atoms with E-state index in [9.17, 15) is 14.7 Å². The normalized spacial score (nSPS) is 22.8. The number of nitrogens with zero attached hydrogens (tertiary/aromatic N) is 1. The predicted molar refractivity (Wildman–Crippen MR) is 66.6 cm³/mol. The molecule has 18 heavy (non-hydrogen) atoms. The maximum absolute atomic E-state index is 12.5. The zero-order valence-electron chi connectivity index (χ0n) is 10.4. The van der Waals surface area contributed by atoms with Crippen molar-refractivity contribution >= 4 is 17.6 Å². The molecule has 1 amide bonds. The molecular weight excluding hydrogens is 230 g/mol. The van der Waals surface area contributed by atoms with Gasteiger partial charge in [-0.3, -0.25) is 9.69 Å². The molecule has 0 spiro atoms. The highest BCUT2D eigenvalue weighted by Crippen LogP contribution is 2.52. The van der Waals surface area contributed by atoms with Crippen LogP contribution in [0.5, 0.6) is 0 Å². The van der Waals surface area contributed by atoms with Crippen LogP contribution in [0.1, 0.15) is 32.3 Å². The van der Waals surface area contributed by atoms with Gasteiger partial charge in [-0.2, -0.15) is 0 Å². The molecule has 1 heterocycles. The van der Waals surface area contributed by atoms with Gasteiger partial charge in [0.15, 0.2) is 0 Å². The first kappa shape index (κ1) is 11.3. The minimum atomic E-state index is -0.999. The summed E-state index contributed by atoms with van der Waals surface area (Å²) in [6.45, 7) is 3.71. The van der Waals surface area contributed by atoms with E-state index in [1.165, 1.54) is 4.90 Å². The fraction of sp³-hybridized carbons (Fsp3) is 0.429. The summed E-state index contributed by atoms with van der Waals surface area (Å²) in [6.07, 6.45) is 1.08. The van der Waals surface area contributed by atoms with E-state index in [-0.39, 0.29) is 5.91 Å². The standard InChI is InChI=1S/C14H15NO3/c1-13(2)9-5-3-4-6-10(9)15(11(13)16)14(7-8-14)12(17)18/h3-6H,7-8H2,1-2H3,(H,17,18). The number of para-hydroxylation sites is 1. The third kappa shape index (κ3) is 1.15. The monoisotopic (exact) mass is 245 g/mol. The average Bonchev–Trinajstić information content (AvgIpc) is 3.08. The molecule has 0 atom stereocenters. The van der Waals surface area contributed by atoms with Gasteiger partial charge in [-0.1, -0.05) is 18.2 Å². The van der Waals surface area contributed by atoms with Gasteiger partial charge in [0.25, 0.3) is 0 Å². The van der Waals surface area contributed by atoms with Gasteiger partial charge in [0, 0.05) is 5.69 Å². The summed E-state index contributed by atoms with van der Waals surface area (Å²) in [5.74, 6) is -1.01. The van der Waals surface area contributed by atoms with Crippen molar-refractivity contribution < 1.29 is 14.7 Å². The Balaban J connectivity index is 2.19. The number of hydrogen-bond acceptors (Lipinski definition) is 2. The van der Waals surface area contributed by atoms with Crippen LogP contribution in [0.3, 0.4) is 0 Å². The van der Waals surface area contributed by atoms with Crippen LogP contribution in [-0.2, 0) is 15.0 Å². The molecule has 0 unspecified atom stereocenters. The Morgan fingerprint density at radius 3 is 2.44 bits per heavy atom. The smallest absolute Gasteiger partial charge is 0.330 e. The van der Waals surface area contributed by atoms with E-state index in [2.05, 4.69) is 0 Å². The van der Waals surface area contributed by atoms with Crippen LogP contribution in [0, 0.1) is 0 Å². The number of hydrogen-bond donors (Lipinski definition) is 1. The number of carbonyl (C=O) groups excluding carboxylic acids is 1. The topological polar surface area (TPSA) is 57.6 Å². The summed E-state index contributed by atoms with van der Waals surface area (Å²) in [5, 5.41) is 9.38. The van der Waals surface area contributed by atoms with Crippen molar-refractivity contribution in [2.24, 2.45) is 0 Å². The van der Waals surface area contributed by atoms with Crippen LogP contribution in [0.4, 0.5) is 5.69 Å². The second kappa shape index (κ2) is 3.13. The highest BCUT2D eigenvalue weighted by Gasteiger charge is 2.62. The Labute approximate surface area is 105 Å². The van der Waals surface area contributed by atoms with E-state index in [4.69, 9.17) is 0 Å². The number of benzene rings is 1. The van der Waals surface area contributed by atoms with Gasteiger partial charge in [-0.15, -0.1) is 0 Å². The molecule has 1 aliphatic carbocycles. The number of aliphatic carboxylic acids is 1. The highest BCUT2D eigenvalue weighted by atomic mass is 16.4. The molecule has 94 valence electrons. The van der Waals surface area contributed by atoms with Gasteiger partial charge < -0.3 is 5.11 Å². The third-order valence-electron chi connectivity index (χ3n) is 4.11. The zero-order chi connectivity index (χ0) is 13.1. The van der Waals surface area contributed by atoms with Crippen molar-refractivity contribution in [3.8, 4) is 0 Å². The summed E-state index contributed by atoms with van der Waals surface area (Å²) in [5.41, 5.74) is 0.0395. The molecule has 4 heteroatoms. The Morgan fingerprint density at radius 2 is 1.89 bits per heavy atom. The van der Waals surface area contributed by atoms with Crippen LogP contribution < -0.4 is 4.90 Å². The zero-order valence-corrected chi connectivity index (χ0v) is 10.4. The molecule has 1 aromatic carbocycles. The second-order valence-corrected chi connectivity index (χ2v) is 5.62. The Hall–Kier alpha value is -1.84. The van der Waals surface area contributed by atoms with E-state index in [0.717, 1.165) is 11.3 Å². The maximum atomic E-state index is 12.5. The number of fused-ring (bicyclic) bond motifs is 1. The van der Waals surface area contributed by atoms with Crippen LogP contribution in [-0.4, -0.2) is 22.5 Å². The second-order valence-electron chi connectivity index (χ2n) is 5.62. The predicted octanol–water partition coefficient (Wildman–Crippen LogP) is 1.93. The fourth-order valence-corrected chi connectivity index (χ4v) is 2.78. The minimum Gasteiger partial charge on any atom is -0.479 e. The molecule has 1 fully saturated rings. The third-order valence-corrected chi connectivity index (χ3v) is 4.11. The summed E-state index contributed by atoms with van der Waals surface area (Å²) in [6, 6.07) is 7.48. The molecule has 4 nitrogen and oxygen atoms in total. The largest absolute Gasteiger partial charge is 0.479 e. The van der Waals surface area contributed by atoms with Gasteiger partial charge in [-0.25, -0.2) is 4.79 Å². The van der Waals surface area contributed by atoms with Crippen molar-refractivity contribution in [1.29, 1.82) is 0 Å². The Bertz CT molecular complexity index is 558. The van der Waals surface area contributed by atoms with Gasteiger partial charge in [0.1, 0.15) is 5.54 Å². The van der Waals surface area contributed by atoms with Crippen molar-refractivity contribution in [1.82, 2.24) is 0 Å². The number of carboxylic acids is 1. The van der Waals surface area contributed by atoms with Gasteiger partial charge in [0.2, 0.25) is 5.91 Å². The molecule has 1 N–H and O–H groups in total. The van der Waals surface area contributed by atoms with E-state index in [1.54, 1.807) is 0 Å². The number of amides is 1. The summed E-state index contributed by atoms with van der Waals surface area (Å²) in [7, 11) is 0. The molecule has 1 aromatic rings. The number of carboxylic acid groups (broad SMARTS) is 1. The summed E-state index contributed by atoms with van der Waals surface area (Å²) in [4.78, 5) is 25.5. The molecule has 2 aliphatic rings. The molecule has 1 saturated carbocycles. The van der Waals surface area contributed by atoms with Gasteiger partial charge in [0.05, 0.1) is 5.41 Å². The van der Waals surface area contributed by atoms with Gasteiger partial charge in [-0.05, 0) is 38.3 Å². The number of rotatable bonds is 2. The molecule has 0 saturated heterocycles. The first-order valence-electron chi connectivity index (χ1n) is 6.09. The minimum absolute atomic E-state index is 0.108. The Kier molecular flexibility index (Phi) is 1.96. The average molecular weight is 245 g/mol. The van der Waals surface area contributed by atoms with Crippen LogP contribution in [0.2, 0.25) is 0 Å². The number of anilines is 1. The van der Waals surface area contributed by atoms with Crippen LogP contribution in [0.25, 0.3) is 0 Å². The van der Waals surface area contributed by atoms with Crippen molar-refractivity contribution in [2.75, 3.05) is 4.90 Å². The van der Waals surface area contributed by atoms with E-state index in [0.29, 0.717) is 12.8 Å². The first-order chi connectivity index (χ1) is 8.41. The highest BCUT2D eigenvalue weighted by molar-refractivity contribution is 6.13. The van der Waals surface area contributed by atoms with Crippen LogP contribution >= 0.6 is 0 Å². The molecule has 1 aliphatic heterocycles. The van der Waals surface area contributed by atoms with E-state index >= 15 is 0 Å². The van der Waals surface area contributed by atoms with Crippen molar-refractivity contribution in [3.63, 3.8) is 0 Å². The van der Waals surface area contributed by atoms with Crippen molar-refractivity contribution in [2.45, 2.75) is 37.6 Å². The molecule has 0 bridgehead atoms. The molecule has 0 radical (unpaired) electrons. The van der Waals surface area contributed by atoms with E-state index in [1.807, 2.05) is 38.1 Å². The number of carbonyl (C=O) groups is 2. The molecular formula is C14H15NO3. The van der Waals surface area contributed by atoms with Gasteiger partial charge >= 0.3 is 5.97 Å². The summed E-state index contributed by atoms with van der Waals surface area (Å²) >= 11 is 0. The quantitative estimate of drug-likeness (QED) is 0.866. The Morgan fingerprint density at radius 1 is 1.28 bits per heavy atom. The lowest BCUT2D eigenvalue weighted by atomic mass is 9.86. The van der Waals surface area contributed by atoms with Crippen LogP contribution in [0.15, 0.2) is 24.3 Å². The molecule has 0 aromatic heterocycles. The summed E-state index contributed by atoms with van der Waals surface area (Å²) < 4.78 is 0. The lowest BCUT2D eigenvalue weighted by Gasteiger charge is -2.26. The lowest BCUT2D eigenvalue weighted by Crippen LogP contribution is -2.49. The SMILES string of the molecule is CC1(C)C(=O)N(C2(C(=O)O)CC2)c2ccccc21. The molecule has 3 rings (SSSR count). The van der Waals surface area contributed by atoms with Crippen molar-refractivity contribution in [3.05, 3.63) is 29.8 Å². The maximum Gasteiger partial charge on any atom is 0.330 e.